The van der Waals surface area contributed by atoms with Crippen LogP contribution in [-0.4, -0.2) is 15.8 Å². The van der Waals surface area contributed by atoms with E-state index in [0.717, 1.165) is 17.6 Å². The van der Waals surface area contributed by atoms with Crippen molar-refractivity contribution in [1.82, 2.24) is 15.1 Å². The van der Waals surface area contributed by atoms with Crippen molar-refractivity contribution in [2.24, 2.45) is 0 Å². The van der Waals surface area contributed by atoms with Crippen molar-refractivity contribution in [1.29, 1.82) is 0 Å². The fraction of sp³-hybridized carbons (Fsp3) is 0.471. The van der Waals surface area contributed by atoms with Gasteiger partial charge in [-0.1, -0.05) is 61.8 Å². The molecule has 0 bridgehead atoms. The summed E-state index contributed by atoms with van der Waals surface area (Å²) in [6.45, 7) is 10.5. The van der Waals surface area contributed by atoms with Gasteiger partial charge in [-0.3, -0.25) is 4.68 Å². The molecule has 0 fully saturated rings. The van der Waals surface area contributed by atoms with Crippen LogP contribution >= 0.6 is 15.9 Å². The Bertz CT molecular complexity index is 587. The average molecular weight is 350 g/mol. The first kappa shape index (κ1) is 16.2. The minimum Gasteiger partial charge on any atom is -0.310 e. The van der Waals surface area contributed by atoms with Crippen LogP contribution < -0.4 is 5.32 Å². The number of rotatable bonds is 6. The molecular weight excluding hydrogens is 326 g/mol. The monoisotopic (exact) mass is 349 g/mol. The Hall–Kier alpha value is -1.13. The molecule has 4 heteroatoms. The normalized spacial score (nSPS) is 11.6. The molecule has 0 saturated heterocycles. The Kier molecular flexibility index (Phi) is 5.59. The van der Waals surface area contributed by atoms with Crippen LogP contribution in [0.25, 0.3) is 0 Å². The molecule has 0 aliphatic heterocycles. The lowest BCUT2D eigenvalue weighted by atomic mass is 10.1. The summed E-state index contributed by atoms with van der Waals surface area (Å²) < 4.78 is 3.26. The van der Waals surface area contributed by atoms with Crippen LogP contribution in [0.1, 0.15) is 50.4 Å². The topological polar surface area (TPSA) is 29.9 Å². The molecule has 114 valence electrons. The average Bonchev–Trinajstić information content (AvgIpc) is 2.82. The van der Waals surface area contributed by atoms with Crippen molar-refractivity contribution < 1.29 is 0 Å². The fourth-order valence-electron chi connectivity index (χ4n) is 2.47. The van der Waals surface area contributed by atoms with Gasteiger partial charge in [0.1, 0.15) is 0 Å². The molecule has 1 heterocycles. The summed E-state index contributed by atoms with van der Waals surface area (Å²) in [6.07, 6.45) is 2.00. The molecule has 2 aromatic rings. The summed E-state index contributed by atoms with van der Waals surface area (Å²) in [5.74, 6) is 0.457. The molecule has 1 N–H and O–H groups in total. The smallest absolute Gasteiger partial charge is 0.0673 e. The number of nitrogens with one attached hydrogen (secondary N) is 1. The van der Waals surface area contributed by atoms with Crippen molar-refractivity contribution in [3.8, 4) is 0 Å². The standard InChI is InChI=1S/C17H24BrN3/c1-12(2)17-15(9-19-13(3)4)10-20-21(17)11-14-7-5-6-8-16(14)18/h5-8,10,12-13,19H,9,11H2,1-4H3. The second-order valence-corrected chi connectivity index (χ2v) is 6.85. The van der Waals surface area contributed by atoms with Gasteiger partial charge < -0.3 is 5.32 Å². The molecule has 21 heavy (non-hydrogen) atoms. The highest BCUT2D eigenvalue weighted by molar-refractivity contribution is 9.10. The van der Waals surface area contributed by atoms with Crippen LogP contribution in [0, 0.1) is 0 Å². The molecule has 0 atom stereocenters. The van der Waals surface area contributed by atoms with E-state index < -0.39 is 0 Å². The highest BCUT2D eigenvalue weighted by atomic mass is 79.9. The van der Waals surface area contributed by atoms with Crippen LogP contribution in [0.15, 0.2) is 34.9 Å². The summed E-state index contributed by atoms with van der Waals surface area (Å²) in [5, 5.41) is 8.09. The molecule has 3 nitrogen and oxygen atoms in total. The Morgan fingerprint density at radius 3 is 2.48 bits per heavy atom. The van der Waals surface area contributed by atoms with Crippen molar-refractivity contribution in [3.05, 3.63) is 51.8 Å². The van der Waals surface area contributed by atoms with Gasteiger partial charge in [-0.2, -0.15) is 5.10 Å². The molecule has 1 aromatic heterocycles. The molecule has 0 aliphatic rings. The summed E-state index contributed by atoms with van der Waals surface area (Å²) in [7, 11) is 0. The lowest BCUT2D eigenvalue weighted by Gasteiger charge is -2.15. The predicted molar refractivity (Wildman–Crippen MR) is 91.5 cm³/mol. The maximum atomic E-state index is 4.61. The summed E-state index contributed by atoms with van der Waals surface area (Å²) in [4.78, 5) is 0. The zero-order chi connectivity index (χ0) is 15.4. The van der Waals surface area contributed by atoms with E-state index in [0.29, 0.717) is 12.0 Å². The van der Waals surface area contributed by atoms with Crippen molar-refractivity contribution in [2.45, 2.75) is 52.7 Å². The van der Waals surface area contributed by atoms with Crippen molar-refractivity contribution >= 4 is 15.9 Å². The third kappa shape index (κ3) is 4.17. The van der Waals surface area contributed by atoms with E-state index in [1.807, 2.05) is 12.3 Å². The molecule has 0 saturated carbocycles. The van der Waals surface area contributed by atoms with Gasteiger partial charge in [-0.05, 0) is 17.5 Å². The maximum Gasteiger partial charge on any atom is 0.0673 e. The predicted octanol–water partition coefficient (Wildman–Crippen LogP) is 4.32. The number of aromatic nitrogens is 2. The van der Waals surface area contributed by atoms with Crippen molar-refractivity contribution in [3.63, 3.8) is 0 Å². The third-order valence-corrected chi connectivity index (χ3v) is 4.26. The number of hydrogen-bond acceptors (Lipinski definition) is 2. The molecule has 2 rings (SSSR count). The first-order chi connectivity index (χ1) is 9.99. The summed E-state index contributed by atoms with van der Waals surface area (Å²) in [5.41, 5.74) is 3.87. The van der Waals surface area contributed by atoms with E-state index in [-0.39, 0.29) is 0 Å². The highest BCUT2D eigenvalue weighted by Gasteiger charge is 2.15. The van der Waals surface area contributed by atoms with Crippen LogP contribution in [0.4, 0.5) is 0 Å². The third-order valence-electron chi connectivity index (χ3n) is 3.49. The van der Waals surface area contributed by atoms with Crippen molar-refractivity contribution in [2.75, 3.05) is 0 Å². The van der Waals surface area contributed by atoms with Gasteiger partial charge >= 0.3 is 0 Å². The zero-order valence-corrected chi connectivity index (χ0v) is 14.8. The van der Waals surface area contributed by atoms with Gasteiger partial charge in [0.15, 0.2) is 0 Å². The van der Waals surface area contributed by atoms with Gasteiger partial charge in [0, 0.05) is 28.3 Å². The van der Waals surface area contributed by atoms with Crippen LogP contribution in [0.2, 0.25) is 0 Å². The van der Waals surface area contributed by atoms with E-state index in [1.165, 1.54) is 16.8 Å². The Labute approximate surface area is 135 Å². The van der Waals surface area contributed by atoms with Gasteiger partial charge in [-0.25, -0.2) is 0 Å². The molecule has 0 aliphatic carbocycles. The Balaban J connectivity index is 2.25. The number of halogens is 1. The highest BCUT2D eigenvalue weighted by Crippen LogP contribution is 2.23. The van der Waals surface area contributed by atoms with E-state index >= 15 is 0 Å². The van der Waals surface area contributed by atoms with Gasteiger partial charge in [0.05, 0.1) is 12.7 Å². The summed E-state index contributed by atoms with van der Waals surface area (Å²) >= 11 is 3.62. The van der Waals surface area contributed by atoms with Crippen LogP contribution in [-0.2, 0) is 13.1 Å². The first-order valence-electron chi connectivity index (χ1n) is 7.50. The van der Waals surface area contributed by atoms with Crippen LogP contribution in [0.5, 0.6) is 0 Å². The second kappa shape index (κ2) is 7.23. The fourth-order valence-corrected chi connectivity index (χ4v) is 2.88. The molecule has 0 radical (unpaired) electrons. The Morgan fingerprint density at radius 2 is 1.86 bits per heavy atom. The van der Waals surface area contributed by atoms with Crippen LogP contribution in [0.3, 0.4) is 0 Å². The molecule has 0 amide bonds. The number of hydrogen-bond donors (Lipinski definition) is 1. The molecule has 0 spiro atoms. The molecule has 1 aromatic carbocycles. The lowest BCUT2D eigenvalue weighted by molar-refractivity contribution is 0.573. The minimum absolute atomic E-state index is 0.457. The lowest BCUT2D eigenvalue weighted by Crippen LogP contribution is -2.22. The zero-order valence-electron chi connectivity index (χ0n) is 13.2. The summed E-state index contributed by atoms with van der Waals surface area (Å²) in [6, 6.07) is 8.81. The SMILES string of the molecule is CC(C)NCc1cnn(Cc2ccccc2Br)c1C(C)C. The van der Waals surface area contributed by atoms with Gasteiger partial charge in [0.25, 0.3) is 0 Å². The molecular formula is C17H24BrN3. The Morgan fingerprint density at radius 1 is 1.14 bits per heavy atom. The van der Waals surface area contributed by atoms with E-state index in [9.17, 15) is 0 Å². The largest absolute Gasteiger partial charge is 0.310 e. The van der Waals surface area contributed by atoms with Gasteiger partial charge in [-0.15, -0.1) is 0 Å². The number of nitrogens with zero attached hydrogens (tertiary/aromatic N) is 2. The van der Waals surface area contributed by atoms with E-state index in [4.69, 9.17) is 0 Å². The van der Waals surface area contributed by atoms with E-state index in [2.05, 4.69) is 76.9 Å². The van der Waals surface area contributed by atoms with Gasteiger partial charge in [0.2, 0.25) is 0 Å². The number of benzene rings is 1. The minimum atomic E-state index is 0.457. The quantitative estimate of drug-likeness (QED) is 0.841. The van der Waals surface area contributed by atoms with E-state index in [1.54, 1.807) is 0 Å². The first-order valence-corrected chi connectivity index (χ1v) is 8.29. The second-order valence-electron chi connectivity index (χ2n) is 5.99. The maximum absolute atomic E-state index is 4.61. The molecule has 0 unspecified atom stereocenters.